The molecule has 7 nitrogen and oxygen atoms in total. The van der Waals surface area contributed by atoms with Gasteiger partial charge in [-0.15, -0.1) is 24.0 Å². The number of likely N-dealkylation sites (tertiary alicyclic amines) is 1. The molecular formula is C25H36IN7. The van der Waals surface area contributed by atoms with E-state index in [1.54, 1.807) is 0 Å². The minimum atomic E-state index is 0. The lowest BCUT2D eigenvalue weighted by molar-refractivity contribution is 0.189. The van der Waals surface area contributed by atoms with E-state index < -0.39 is 0 Å². The fourth-order valence-electron chi connectivity index (χ4n) is 4.55. The molecule has 4 rings (SSSR count). The third-order valence-electron chi connectivity index (χ3n) is 6.55. The number of imidazole rings is 1. The van der Waals surface area contributed by atoms with Crippen LogP contribution in [0, 0.1) is 19.8 Å². The van der Waals surface area contributed by atoms with Gasteiger partial charge in [0.2, 0.25) is 0 Å². The Labute approximate surface area is 214 Å². The van der Waals surface area contributed by atoms with Crippen molar-refractivity contribution in [3.8, 4) is 0 Å². The van der Waals surface area contributed by atoms with Crippen molar-refractivity contribution in [2.24, 2.45) is 10.9 Å². The van der Waals surface area contributed by atoms with Gasteiger partial charge in [-0.2, -0.15) is 5.10 Å². The van der Waals surface area contributed by atoms with Gasteiger partial charge in [-0.3, -0.25) is 4.68 Å². The second kappa shape index (κ2) is 11.7. The average Bonchev–Trinajstić information content (AvgIpc) is 3.42. The zero-order valence-corrected chi connectivity index (χ0v) is 22.4. The molecule has 2 aromatic heterocycles. The Balaban J connectivity index is 0.00000306. The van der Waals surface area contributed by atoms with Gasteiger partial charge in [-0.05, 0) is 38.7 Å². The summed E-state index contributed by atoms with van der Waals surface area (Å²) in [5, 5.41) is 8.31. The first-order valence-corrected chi connectivity index (χ1v) is 11.6. The maximum atomic E-state index is 5.04. The molecule has 1 aliphatic heterocycles. The summed E-state index contributed by atoms with van der Waals surface area (Å²) >= 11 is 0. The van der Waals surface area contributed by atoms with Crippen LogP contribution in [-0.2, 0) is 13.1 Å². The van der Waals surface area contributed by atoms with Crippen LogP contribution >= 0.6 is 24.0 Å². The van der Waals surface area contributed by atoms with E-state index in [9.17, 15) is 0 Å². The monoisotopic (exact) mass is 561 g/mol. The van der Waals surface area contributed by atoms with Gasteiger partial charge in [-0.25, -0.2) is 9.98 Å². The van der Waals surface area contributed by atoms with Crippen LogP contribution in [0.3, 0.4) is 0 Å². The van der Waals surface area contributed by atoms with Gasteiger partial charge in [0.15, 0.2) is 5.96 Å². The molecule has 1 saturated heterocycles. The molecule has 1 aromatic carbocycles. The second-order valence-electron chi connectivity index (χ2n) is 8.75. The van der Waals surface area contributed by atoms with Gasteiger partial charge in [0, 0.05) is 43.3 Å². The van der Waals surface area contributed by atoms with Crippen LogP contribution in [0.1, 0.15) is 48.8 Å². The summed E-state index contributed by atoms with van der Waals surface area (Å²) in [4.78, 5) is 11.7. The van der Waals surface area contributed by atoms with Crippen molar-refractivity contribution in [3.63, 3.8) is 0 Å². The van der Waals surface area contributed by atoms with Crippen LogP contribution < -0.4 is 5.32 Å². The molecule has 0 spiro atoms. The summed E-state index contributed by atoms with van der Waals surface area (Å²) in [6.45, 7) is 12.9. The number of halogens is 1. The summed E-state index contributed by atoms with van der Waals surface area (Å²) in [7, 11) is 0. The highest BCUT2D eigenvalue weighted by molar-refractivity contribution is 14.0. The minimum Gasteiger partial charge on any atom is -0.357 e. The number of hydrogen-bond donors (Lipinski definition) is 1. The molecule has 0 bridgehead atoms. The number of piperidine rings is 1. The third-order valence-corrected chi connectivity index (χ3v) is 6.55. The van der Waals surface area contributed by atoms with Gasteiger partial charge in [0.1, 0.15) is 0 Å². The normalized spacial score (nSPS) is 18.8. The maximum absolute atomic E-state index is 5.04. The molecule has 0 aliphatic carbocycles. The Bertz CT molecular complexity index is 1030. The fourth-order valence-corrected chi connectivity index (χ4v) is 4.55. The molecule has 2 atom stereocenters. The van der Waals surface area contributed by atoms with Gasteiger partial charge in [-0.1, -0.05) is 37.3 Å². The molecule has 178 valence electrons. The summed E-state index contributed by atoms with van der Waals surface area (Å²) in [5.41, 5.74) is 4.72. The highest BCUT2D eigenvalue weighted by Crippen LogP contribution is 2.27. The zero-order chi connectivity index (χ0) is 22.5. The first kappa shape index (κ1) is 25.3. The summed E-state index contributed by atoms with van der Waals surface area (Å²) in [5.74, 6) is 1.60. The summed E-state index contributed by atoms with van der Waals surface area (Å²) in [6.07, 6.45) is 7.01. The van der Waals surface area contributed by atoms with Crippen molar-refractivity contribution in [1.29, 1.82) is 0 Å². The summed E-state index contributed by atoms with van der Waals surface area (Å²) in [6, 6.07) is 10.9. The largest absolute Gasteiger partial charge is 0.357 e. The molecule has 0 radical (unpaired) electrons. The van der Waals surface area contributed by atoms with E-state index in [-0.39, 0.29) is 24.0 Å². The van der Waals surface area contributed by atoms with Crippen LogP contribution in [0.2, 0.25) is 0 Å². The van der Waals surface area contributed by atoms with E-state index in [4.69, 9.17) is 10.1 Å². The van der Waals surface area contributed by atoms with Gasteiger partial charge >= 0.3 is 0 Å². The van der Waals surface area contributed by atoms with Gasteiger partial charge < -0.3 is 14.8 Å². The van der Waals surface area contributed by atoms with Crippen molar-refractivity contribution < 1.29 is 0 Å². The Morgan fingerprint density at radius 2 is 2.00 bits per heavy atom. The third kappa shape index (κ3) is 5.96. The van der Waals surface area contributed by atoms with Crippen molar-refractivity contribution in [1.82, 2.24) is 29.5 Å². The van der Waals surface area contributed by atoms with Crippen LogP contribution in [0.4, 0.5) is 0 Å². The molecule has 33 heavy (non-hydrogen) atoms. The lowest BCUT2D eigenvalue weighted by Gasteiger charge is -2.39. The number of aromatic nitrogens is 4. The van der Waals surface area contributed by atoms with E-state index in [0.717, 1.165) is 44.3 Å². The number of guanidine groups is 1. The van der Waals surface area contributed by atoms with Gasteiger partial charge in [0.25, 0.3) is 0 Å². The van der Waals surface area contributed by atoms with E-state index >= 15 is 0 Å². The highest BCUT2D eigenvalue weighted by atomic mass is 127. The molecule has 8 heteroatoms. The van der Waals surface area contributed by atoms with Crippen LogP contribution in [0.25, 0.3) is 0 Å². The molecule has 2 unspecified atom stereocenters. The number of aliphatic imine (C=N–C) groups is 1. The van der Waals surface area contributed by atoms with E-state index in [1.165, 1.54) is 16.8 Å². The smallest absolute Gasteiger partial charge is 0.194 e. The molecule has 1 N–H and O–H groups in total. The maximum Gasteiger partial charge on any atom is 0.194 e. The molecule has 0 saturated carbocycles. The highest BCUT2D eigenvalue weighted by Gasteiger charge is 2.29. The van der Waals surface area contributed by atoms with E-state index in [2.05, 4.69) is 82.6 Å². The Morgan fingerprint density at radius 3 is 2.70 bits per heavy atom. The first-order valence-electron chi connectivity index (χ1n) is 11.6. The number of hydrogen-bond acceptors (Lipinski definition) is 3. The SMILES string of the molecule is CCNC(=NCc1c(C)nn(Cc2ccccc2)c1C)N1CCC(C)C(n2ccnc2)C1.I. The van der Waals surface area contributed by atoms with E-state index in [0.29, 0.717) is 18.5 Å². The van der Waals surface area contributed by atoms with Crippen molar-refractivity contribution in [2.75, 3.05) is 19.6 Å². The quantitative estimate of drug-likeness (QED) is 0.275. The minimum absolute atomic E-state index is 0. The average molecular weight is 562 g/mol. The van der Waals surface area contributed by atoms with Crippen LogP contribution in [0.15, 0.2) is 54.0 Å². The number of nitrogens with one attached hydrogen (secondary N) is 1. The lowest BCUT2D eigenvalue weighted by atomic mass is 9.93. The summed E-state index contributed by atoms with van der Waals surface area (Å²) < 4.78 is 4.34. The predicted octanol–water partition coefficient (Wildman–Crippen LogP) is 4.41. The van der Waals surface area contributed by atoms with Crippen molar-refractivity contribution >= 4 is 29.9 Å². The number of benzene rings is 1. The Morgan fingerprint density at radius 1 is 1.21 bits per heavy atom. The predicted molar refractivity (Wildman–Crippen MR) is 144 cm³/mol. The number of nitrogens with zero attached hydrogens (tertiary/aromatic N) is 6. The topological polar surface area (TPSA) is 63.3 Å². The standard InChI is InChI=1S/C25H35N7.HI/c1-5-27-25(30-13-11-19(2)24(17-30)31-14-12-26-18-31)28-15-23-20(3)29-32(21(23)4)16-22-9-7-6-8-10-22;/h6-10,12,14,18-19,24H,5,11,13,15-17H2,1-4H3,(H,27,28);1H. The molecular weight excluding hydrogens is 525 g/mol. The Hall–Kier alpha value is -2.36. The van der Waals surface area contributed by atoms with Crippen LogP contribution in [0.5, 0.6) is 0 Å². The van der Waals surface area contributed by atoms with Crippen molar-refractivity contribution in [3.05, 3.63) is 71.6 Å². The number of rotatable bonds is 6. The Kier molecular flexibility index (Phi) is 8.94. The van der Waals surface area contributed by atoms with Gasteiger partial charge in [0.05, 0.1) is 31.2 Å². The number of aryl methyl sites for hydroxylation is 1. The molecule has 1 aliphatic rings. The molecule has 1 fully saturated rings. The zero-order valence-electron chi connectivity index (χ0n) is 20.1. The molecule has 0 amide bonds. The van der Waals surface area contributed by atoms with Crippen molar-refractivity contribution in [2.45, 2.75) is 53.2 Å². The lowest BCUT2D eigenvalue weighted by Crippen LogP contribution is -2.49. The van der Waals surface area contributed by atoms with E-state index in [1.807, 2.05) is 18.6 Å². The molecule has 3 heterocycles. The molecule has 3 aromatic rings. The first-order chi connectivity index (χ1) is 15.6. The second-order valence-corrected chi connectivity index (χ2v) is 8.75. The fraction of sp³-hybridized carbons (Fsp3) is 0.480. The van der Waals surface area contributed by atoms with Crippen LogP contribution in [-0.4, -0.2) is 49.8 Å².